The van der Waals surface area contributed by atoms with Crippen LogP contribution in [-0.4, -0.2) is 19.1 Å². The number of rotatable bonds is 3. The third-order valence-electron chi connectivity index (χ3n) is 5.41. The molecule has 0 saturated heterocycles. The minimum atomic E-state index is 0.450. The number of imidazole rings is 1. The molecule has 0 radical (unpaired) electrons. The van der Waals surface area contributed by atoms with E-state index in [-0.39, 0.29) is 0 Å². The molecule has 3 aromatic heterocycles. The molecule has 2 aromatic carbocycles. The van der Waals surface area contributed by atoms with Crippen molar-refractivity contribution in [2.24, 2.45) is 14.1 Å². The summed E-state index contributed by atoms with van der Waals surface area (Å²) in [7, 11) is 4.10. The van der Waals surface area contributed by atoms with Gasteiger partial charge in [0.1, 0.15) is 18.2 Å². The van der Waals surface area contributed by atoms with Crippen molar-refractivity contribution in [3.8, 4) is 5.75 Å². The van der Waals surface area contributed by atoms with Gasteiger partial charge in [-0.25, -0.2) is 4.98 Å². The van der Waals surface area contributed by atoms with Gasteiger partial charge in [0, 0.05) is 60.6 Å². The number of ether oxygens (including phenoxy) is 1. The van der Waals surface area contributed by atoms with Crippen molar-refractivity contribution in [2.45, 2.75) is 13.5 Å². The highest BCUT2D eigenvalue weighted by Gasteiger charge is 2.14. The average molecular weight is 356 g/mol. The number of hydrogen-bond donors (Lipinski definition) is 0. The van der Waals surface area contributed by atoms with Crippen LogP contribution in [0.25, 0.3) is 32.6 Å². The van der Waals surface area contributed by atoms with Gasteiger partial charge in [-0.1, -0.05) is 0 Å². The molecule has 0 bridgehead atoms. The molecule has 0 amide bonds. The van der Waals surface area contributed by atoms with Crippen molar-refractivity contribution >= 4 is 32.6 Å². The minimum absolute atomic E-state index is 0.450. The van der Waals surface area contributed by atoms with Gasteiger partial charge in [-0.05, 0) is 48.2 Å². The fourth-order valence-electron chi connectivity index (χ4n) is 3.97. The lowest BCUT2D eigenvalue weighted by Crippen LogP contribution is -2.02. The Morgan fingerprint density at radius 3 is 2.70 bits per heavy atom. The summed E-state index contributed by atoms with van der Waals surface area (Å²) in [6, 6.07) is 10.6. The van der Waals surface area contributed by atoms with E-state index < -0.39 is 0 Å². The van der Waals surface area contributed by atoms with E-state index in [0.29, 0.717) is 6.61 Å². The van der Waals surface area contributed by atoms with Gasteiger partial charge in [0.05, 0.1) is 5.52 Å². The predicted octanol–water partition coefficient (Wildman–Crippen LogP) is 4.50. The highest BCUT2D eigenvalue weighted by atomic mass is 16.5. The summed E-state index contributed by atoms with van der Waals surface area (Å²) < 4.78 is 10.2. The molecule has 5 nitrogen and oxygen atoms in total. The Morgan fingerprint density at radius 2 is 1.89 bits per heavy atom. The van der Waals surface area contributed by atoms with Gasteiger partial charge < -0.3 is 13.9 Å². The van der Waals surface area contributed by atoms with Gasteiger partial charge in [-0.15, -0.1) is 0 Å². The Labute approximate surface area is 156 Å². The van der Waals surface area contributed by atoms with E-state index in [1.54, 1.807) is 6.20 Å². The molecule has 0 aliphatic carbocycles. The lowest BCUT2D eigenvalue weighted by molar-refractivity contribution is 0.292. The summed E-state index contributed by atoms with van der Waals surface area (Å²) in [6.07, 6.45) is 7.50. The Kier molecular flexibility index (Phi) is 3.44. The number of fused-ring (bicyclic) bond motifs is 4. The number of benzene rings is 2. The topological polar surface area (TPSA) is 44.9 Å². The van der Waals surface area contributed by atoms with Crippen molar-refractivity contribution in [3.63, 3.8) is 0 Å². The Morgan fingerprint density at radius 1 is 1.00 bits per heavy atom. The molecular weight excluding hydrogens is 336 g/mol. The first-order chi connectivity index (χ1) is 13.1. The summed E-state index contributed by atoms with van der Waals surface area (Å²) in [4.78, 5) is 8.61. The second-order valence-electron chi connectivity index (χ2n) is 6.98. The molecule has 5 heteroatoms. The number of aryl methyl sites for hydroxylation is 3. The van der Waals surface area contributed by atoms with Crippen LogP contribution in [0.15, 0.2) is 55.1 Å². The molecule has 0 aliphatic heterocycles. The molecule has 0 aliphatic rings. The highest BCUT2D eigenvalue weighted by molar-refractivity contribution is 6.14. The van der Waals surface area contributed by atoms with Crippen LogP contribution in [0, 0.1) is 6.92 Å². The molecule has 0 unspecified atom stereocenters. The average Bonchev–Trinajstić information content (AvgIpc) is 3.21. The van der Waals surface area contributed by atoms with Crippen molar-refractivity contribution in [3.05, 3.63) is 66.5 Å². The SMILES string of the molecule is Cc1c2ccncc2cc2c3cc(OCc4nccn4C)ccc3n(C)c12. The molecule has 0 N–H and O–H groups in total. The molecule has 0 saturated carbocycles. The normalized spacial score (nSPS) is 11.7. The zero-order chi connectivity index (χ0) is 18.5. The maximum atomic E-state index is 6.01. The summed E-state index contributed by atoms with van der Waals surface area (Å²) in [5.74, 6) is 1.75. The van der Waals surface area contributed by atoms with Gasteiger partial charge in [-0.2, -0.15) is 0 Å². The van der Waals surface area contributed by atoms with Crippen LogP contribution in [0.4, 0.5) is 0 Å². The lowest BCUT2D eigenvalue weighted by Gasteiger charge is -2.06. The first-order valence-corrected chi connectivity index (χ1v) is 8.98. The molecule has 27 heavy (non-hydrogen) atoms. The van der Waals surface area contributed by atoms with Gasteiger partial charge in [0.25, 0.3) is 0 Å². The van der Waals surface area contributed by atoms with E-state index in [0.717, 1.165) is 17.0 Å². The summed E-state index contributed by atoms with van der Waals surface area (Å²) in [5, 5.41) is 4.83. The second kappa shape index (κ2) is 5.84. The number of hydrogen-bond acceptors (Lipinski definition) is 3. The summed E-state index contributed by atoms with van der Waals surface area (Å²) in [6.45, 7) is 2.63. The highest BCUT2D eigenvalue weighted by Crippen LogP contribution is 2.36. The Bertz CT molecular complexity index is 1310. The van der Waals surface area contributed by atoms with Crippen molar-refractivity contribution < 1.29 is 4.74 Å². The van der Waals surface area contributed by atoms with E-state index in [1.807, 2.05) is 36.3 Å². The molecular formula is C22H20N4O. The predicted molar refractivity (Wildman–Crippen MR) is 108 cm³/mol. The van der Waals surface area contributed by atoms with Gasteiger partial charge >= 0.3 is 0 Å². The number of aromatic nitrogens is 4. The van der Waals surface area contributed by atoms with Gasteiger partial charge in [0.2, 0.25) is 0 Å². The molecule has 0 atom stereocenters. The largest absolute Gasteiger partial charge is 0.486 e. The van der Waals surface area contributed by atoms with Crippen LogP contribution in [-0.2, 0) is 20.7 Å². The molecule has 5 rings (SSSR count). The van der Waals surface area contributed by atoms with Crippen molar-refractivity contribution in [2.75, 3.05) is 0 Å². The molecule has 0 spiro atoms. The zero-order valence-electron chi connectivity index (χ0n) is 15.6. The van der Waals surface area contributed by atoms with Crippen molar-refractivity contribution in [1.82, 2.24) is 19.1 Å². The monoisotopic (exact) mass is 356 g/mol. The summed E-state index contributed by atoms with van der Waals surface area (Å²) >= 11 is 0. The fourth-order valence-corrected chi connectivity index (χ4v) is 3.97. The van der Waals surface area contributed by atoms with Gasteiger partial charge in [0.15, 0.2) is 0 Å². The Hall–Kier alpha value is -3.34. The van der Waals surface area contributed by atoms with Crippen LogP contribution < -0.4 is 4.74 Å². The van der Waals surface area contributed by atoms with Crippen LogP contribution in [0.1, 0.15) is 11.4 Å². The smallest absolute Gasteiger partial charge is 0.146 e. The standard InChI is InChI=1S/C22H20N4O/c1-14-17-6-7-23-12-15(17)10-19-18-11-16(4-5-20(18)26(3)22(14)19)27-13-21-24-8-9-25(21)2/h4-12H,13H2,1-3H3. The van der Waals surface area contributed by atoms with E-state index in [9.17, 15) is 0 Å². The lowest BCUT2D eigenvalue weighted by atomic mass is 10.0. The first kappa shape index (κ1) is 15.9. The van der Waals surface area contributed by atoms with Crippen LogP contribution in [0.3, 0.4) is 0 Å². The quantitative estimate of drug-likeness (QED) is 0.478. The first-order valence-electron chi connectivity index (χ1n) is 8.98. The minimum Gasteiger partial charge on any atom is -0.486 e. The van der Waals surface area contributed by atoms with E-state index in [1.165, 1.54) is 32.8 Å². The zero-order valence-corrected chi connectivity index (χ0v) is 15.6. The number of pyridine rings is 1. The van der Waals surface area contributed by atoms with Crippen LogP contribution >= 0.6 is 0 Å². The molecule has 134 valence electrons. The van der Waals surface area contributed by atoms with Crippen molar-refractivity contribution in [1.29, 1.82) is 0 Å². The second-order valence-corrected chi connectivity index (χ2v) is 6.98. The third kappa shape index (κ3) is 2.39. The van der Waals surface area contributed by atoms with E-state index in [2.05, 4.69) is 52.8 Å². The van der Waals surface area contributed by atoms with E-state index >= 15 is 0 Å². The van der Waals surface area contributed by atoms with Gasteiger partial charge in [-0.3, -0.25) is 4.98 Å². The number of nitrogens with zero attached hydrogens (tertiary/aromatic N) is 4. The van der Waals surface area contributed by atoms with E-state index in [4.69, 9.17) is 4.74 Å². The van der Waals surface area contributed by atoms with Crippen LogP contribution in [0.5, 0.6) is 5.75 Å². The van der Waals surface area contributed by atoms with Crippen LogP contribution in [0.2, 0.25) is 0 Å². The molecule has 5 aromatic rings. The molecule has 3 heterocycles. The maximum Gasteiger partial charge on any atom is 0.146 e. The summed E-state index contributed by atoms with van der Waals surface area (Å²) in [5.41, 5.74) is 3.73. The molecule has 0 fully saturated rings. The Balaban J connectivity index is 1.67. The maximum absolute atomic E-state index is 6.01. The fraction of sp³-hybridized carbons (Fsp3) is 0.182. The third-order valence-corrected chi connectivity index (χ3v) is 5.41.